The van der Waals surface area contributed by atoms with E-state index in [9.17, 15) is 14.3 Å². The predicted molar refractivity (Wildman–Crippen MR) is 73.0 cm³/mol. The minimum absolute atomic E-state index is 0.0125. The number of phenols is 1. The number of hydrogen-bond donors (Lipinski definition) is 2. The second-order valence-electron chi connectivity index (χ2n) is 3.48. The Bertz CT molecular complexity index is 604. The second-order valence-corrected chi connectivity index (χ2v) is 4.64. The molecular formula is C12H8FIN2O2. The Balaban J connectivity index is 2.22. The van der Waals surface area contributed by atoms with Crippen molar-refractivity contribution in [2.45, 2.75) is 0 Å². The van der Waals surface area contributed by atoms with Gasteiger partial charge in [-0.3, -0.25) is 9.78 Å². The van der Waals surface area contributed by atoms with E-state index in [0.717, 1.165) is 6.20 Å². The molecule has 2 N–H and O–H groups in total. The maximum absolute atomic E-state index is 13.3. The third-order valence-electron chi connectivity index (χ3n) is 2.23. The van der Waals surface area contributed by atoms with Crippen LogP contribution in [0, 0.1) is 9.39 Å². The SMILES string of the molecule is O=C(Nc1ccncc1F)c1ccc(I)c(O)c1. The van der Waals surface area contributed by atoms with Gasteiger partial charge in [0.25, 0.3) is 5.91 Å². The third-order valence-corrected chi connectivity index (χ3v) is 3.14. The zero-order chi connectivity index (χ0) is 13.1. The van der Waals surface area contributed by atoms with Crippen LogP contribution in [0.5, 0.6) is 5.75 Å². The van der Waals surface area contributed by atoms with Crippen LogP contribution in [-0.2, 0) is 0 Å². The van der Waals surface area contributed by atoms with Gasteiger partial charge in [0.2, 0.25) is 0 Å². The van der Waals surface area contributed by atoms with Crippen molar-refractivity contribution in [2.24, 2.45) is 0 Å². The number of phenolic OH excluding ortho intramolecular Hbond substituents is 1. The van der Waals surface area contributed by atoms with Gasteiger partial charge in [-0.1, -0.05) is 0 Å². The lowest BCUT2D eigenvalue weighted by atomic mass is 10.2. The Morgan fingerprint density at radius 3 is 2.83 bits per heavy atom. The summed E-state index contributed by atoms with van der Waals surface area (Å²) in [5.41, 5.74) is 0.303. The number of nitrogens with zero attached hydrogens (tertiary/aromatic N) is 1. The van der Waals surface area contributed by atoms with Crippen LogP contribution in [0.3, 0.4) is 0 Å². The van der Waals surface area contributed by atoms with Crippen molar-refractivity contribution < 1.29 is 14.3 Å². The van der Waals surface area contributed by atoms with Crippen molar-refractivity contribution in [3.63, 3.8) is 0 Å². The number of amides is 1. The molecule has 0 fully saturated rings. The topological polar surface area (TPSA) is 62.2 Å². The molecule has 1 heterocycles. The first-order chi connectivity index (χ1) is 8.58. The Morgan fingerprint density at radius 1 is 1.39 bits per heavy atom. The lowest BCUT2D eigenvalue weighted by molar-refractivity contribution is 0.102. The minimum Gasteiger partial charge on any atom is -0.507 e. The van der Waals surface area contributed by atoms with E-state index in [1.165, 1.54) is 18.3 Å². The van der Waals surface area contributed by atoms with Crippen molar-refractivity contribution >= 4 is 34.2 Å². The molecule has 1 aromatic heterocycles. The van der Waals surface area contributed by atoms with Crippen LogP contribution in [0.1, 0.15) is 10.4 Å². The van der Waals surface area contributed by atoms with Crippen molar-refractivity contribution in [2.75, 3.05) is 5.32 Å². The van der Waals surface area contributed by atoms with E-state index in [4.69, 9.17) is 0 Å². The monoisotopic (exact) mass is 358 g/mol. The molecule has 6 heteroatoms. The van der Waals surface area contributed by atoms with E-state index < -0.39 is 11.7 Å². The summed E-state index contributed by atoms with van der Waals surface area (Å²) in [5.74, 6) is -1.09. The van der Waals surface area contributed by atoms with Gasteiger partial charge in [0.1, 0.15) is 5.75 Å². The summed E-state index contributed by atoms with van der Waals surface area (Å²) in [5, 5.41) is 11.9. The van der Waals surface area contributed by atoms with E-state index in [1.807, 2.05) is 22.6 Å². The molecule has 1 aromatic carbocycles. The Kier molecular flexibility index (Phi) is 3.75. The van der Waals surface area contributed by atoms with Gasteiger partial charge in [0, 0.05) is 11.8 Å². The predicted octanol–water partition coefficient (Wildman–Crippen LogP) is 2.78. The summed E-state index contributed by atoms with van der Waals surface area (Å²) in [6, 6.07) is 5.85. The molecule has 0 spiro atoms. The first-order valence-electron chi connectivity index (χ1n) is 4.97. The number of carbonyl (C=O) groups is 1. The number of halogens is 2. The zero-order valence-corrected chi connectivity index (χ0v) is 11.2. The summed E-state index contributed by atoms with van der Waals surface area (Å²) in [4.78, 5) is 15.4. The third kappa shape index (κ3) is 2.76. The smallest absolute Gasteiger partial charge is 0.255 e. The summed E-state index contributed by atoms with van der Waals surface area (Å²) < 4.78 is 13.9. The molecule has 0 radical (unpaired) electrons. The molecule has 0 saturated carbocycles. The molecule has 0 bridgehead atoms. The van der Waals surface area contributed by atoms with Crippen LogP contribution >= 0.6 is 22.6 Å². The summed E-state index contributed by atoms with van der Waals surface area (Å²) in [6.07, 6.45) is 2.39. The fourth-order valence-corrected chi connectivity index (χ4v) is 1.66. The Morgan fingerprint density at radius 2 is 2.17 bits per heavy atom. The molecular weight excluding hydrogens is 350 g/mol. The molecule has 18 heavy (non-hydrogen) atoms. The van der Waals surface area contributed by atoms with Crippen molar-refractivity contribution in [3.8, 4) is 5.75 Å². The van der Waals surface area contributed by atoms with Crippen molar-refractivity contribution in [1.29, 1.82) is 0 Å². The zero-order valence-electron chi connectivity index (χ0n) is 9.02. The van der Waals surface area contributed by atoms with E-state index in [1.54, 1.807) is 12.1 Å². The lowest BCUT2D eigenvalue weighted by Crippen LogP contribution is -2.13. The number of anilines is 1. The fraction of sp³-hybridized carbons (Fsp3) is 0. The number of pyridine rings is 1. The van der Waals surface area contributed by atoms with Gasteiger partial charge in [-0.05, 0) is 46.9 Å². The number of aromatic hydroxyl groups is 1. The maximum atomic E-state index is 13.3. The second kappa shape index (κ2) is 5.30. The molecule has 4 nitrogen and oxygen atoms in total. The van der Waals surface area contributed by atoms with E-state index in [2.05, 4.69) is 10.3 Å². The molecule has 0 aliphatic heterocycles. The van der Waals surface area contributed by atoms with Crippen LogP contribution in [0.15, 0.2) is 36.7 Å². The first-order valence-corrected chi connectivity index (χ1v) is 6.05. The highest BCUT2D eigenvalue weighted by atomic mass is 127. The normalized spacial score (nSPS) is 10.1. The van der Waals surface area contributed by atoms with Crippen LogP contribution in [-0.4, -0.2) is 16.0 Å². The van der Waals surface area contributed by atoms with Gasteiger partial charge < -0.3 is 10.4 Å². The number of nitrogens with one attached hydrogen (secondary N) is 1. The highest BCUT2D eigenvalue weighted by Gasteiger charge is 2.10. The Labute approximate surface area is 116 Å². The highest BCUT2D eigenvalue weighted by Crippen LogP contribution is 2.21. The molecule has 0 aliphatic carbocycles. The maximum Gasteiger partial charge on any atom is 0.255 e. The van der Waals surface area contributed by atoms with Crippen LogP contribution in [0.25, 0.3) is 0 Å². The molecule has 2 aromatic rings. The average Bonchev–Trinajstić information content (AvgIpc) is 2.35. The van der Waals surface area contributed by atoms with E-state index in [-0.39, 0.29) is 17.0 Å². The molecule has 0 atom stereocenters. The number of hydrogen-bond acceptors (Lipinski definition) is 3. The Hall–Kier alpha value is -1.70. The number of rotatable bonds is 2. The number of carbonyl (C=O) groups excluding carboxylic acids is 1. The molecule has 2 rings (SSSR count). The van der Waals surface area contributed by atoms with Gasteiger partial charge >= 0.3 is 0 Å². The lowest BCUT2D eigenvalue weighted by Gasteiger charge is -2.06. The van der Waals surface area contributed by atoms with Crippen molar-refractivity contribution in [1.82, 2.24) is 4.98 Å². The average molecular weight is 358 g/mol. The first kappa shape index (κ1) is 12.7. The molecule has 1 amide bonds. The van der Waals surface area contributed by atoms with E-state index >= 15 is 0 Å². The fourth-order valence-electron chi connectivity index (χ4n) is 1.32. The van der Waals surface area contributed by atoms with Gasteiger partial charge in [-0.15, -0.1) is 0 Å². The summed E-state index contributed by atoms with van der Waals surface area (Å²) in [6.45, 7) is 0. The van der Waals surface area contributed by atoms with Gasteiger partial charge in [0.15, 0.2) is 5.82 Å². The number of benzene rings is 1. The summed E-state index contributed by atoms with van der Waals surface area (Å²) >= 11 is 1.94. The van der Waals surface area contributed by atoms with Gasteiger partial charge in [-0.25, -0.2) is 4.39 Å². The molecule has 0 unspecified atom stereocenters. The van der Waals surface area contributed by atoms with Gasteiger partial charge in [-0.2, -0.15) is 0 Å². The van der Waals surface area contributed by atoms with Gasteiger partial charge in [0.05, 0.1) is 15.5 Å². The molecule has 0 saturated heterocycles. The van der Waals surface area contributed by atoms with Crippen molar-refractivity contribution in [3.05, 3.63) is 51.6 Å². The van der Waals surface area contributed by atoms with E-state index in [0.29, 0.717) is 3.57 Å². The standard InChI is InChI=1S/C12H8FIN2O2/c13-8-6-15-4-3-10(8)16-12(18)7-1-2-9(14)11(17)5-7/h1-6,17H,(H,15,16,18). The quantitative estimate of drug-likeness (QED) is 0.812. The molecule has 0 aliphatic rings. The van der Waals surface area contributed by atoms with Crippen LogP contribution < -0.4 is 5.32 Å². The highest BCUT2D eigenvalue weighted by molar-refractivity contribution is 14.1. The summed E-state index contributed by atoms with van der Waals surface area (Å²) in [7, 11) is 0. The molecule has 92 valence electrons. The van der Waals surface area contributed by atoms with Crippen LogP contribution in [0.4, 0.5) is 10.1 Å². The van der Waals surface area contributed by atoms with Crippen LogP contribution in [0.2, 0.25) is 0 Å². The largest absolute Gasteiger partial charge is 0.507 e. The minimum atomic E-state index is -0.611. The number of aromatic nitrogens is 1.